The van der Waals surface area contributed by atoms with E-state index in [1.807, 2.05) is 32.0 Å². The standard InChI is InChI=1S/C91H130N20O19S/c1-11-13-24-71-84(123)101-63(34-50(3)4)82(121)106-70(81(120)97-45-76(115)96-42-54-27-28-54)48-131-49-78(117)100-66(36-53-29-31-57(112)32-30-53)87(126)107(8)52(7)79(118)103-68(40-75(93)114)89(128)110-33-19-26-72(110)85(124)105-69(41-92)83(122)104-65(35-51(5)6)90(129)111-47-58(113)39-74(111)86(125)102-64(37-55-43-94-61-22-17-15-20-59(55)61)80(119)98-46-77(116)99-67(38-56-44-95-62-23-18-16-21-60(56)62)88(127)109(10)73(25-14-12-2)91(130)108(71)9/h15-18,20-23,29-32,43-44,50-52,54,58,63-74,94-95,112-113H,11-14,19,24-28,33-42,45-49,92H2,1-10H3,(H2,93,114)(H,96,115)(H,97,120)(H,98,119)(H,99,116)(H,100,117)(H,101,123)(H,102,125)(H,103,118)(H,104,122)(H,105,124)(H,106,121)/t52-,58+,63-,64-,65-,66-,67?,68-,69-,70-,71-,72-,73-,74-/m0/s1. The summed E-state index contributed by atoms with van der Waals surface area (Å²) in [6.07, 6.45) is 4.28. The van der Waals surface area contributed by atoms with Gasteiger partial charge in [0.05, 0.1) is 31.4 Å². The quantitative estimate of drug-likeness (QED) is 0.0371. The number of amides is 17. The summed E-state index contributed by atoms with van der Waals surface area (Å²) in [6.45, 7) is 10.2. The number of nitrogens with two attached hydrogens (primary N) is 2. The van der Waals surface area contributed by atoms with Crippen LogP contribution >= 0.6 is 11.8 Å². The summed E-state index contributed by atoms with van der Waals surface area (Å²) in [7, 11) is 4.06. The number of fused-ring (bicyclic) bond motifs is 4. The van der Waals surface area contributed by atoms with Crippen molar-refractivity contribution >= 4 is 134 Å². The third kappa shape index (κ3) is 28.9. The number of rotatable bonds is 24. The number of benzene rings is 3. The van der Waals surface area contributed by atoms with Gasteiger partial charge in [-0.2, -0.15) is 0 Å². The molecule has 3 saturated heterocycles. The van der Waals surface area contributed by atoms with Gasteiger partial charge in [-0.1, -0.05) is 116 Å². The van der Waals surface area contributed by atoms with Crippen LogP contribution in [0.1, 0.15) is 155 Å². The highest BCUT2D eigenvalue weighted by molar-refractivity contribution is 8.00. The number of carbonyl (C=O) groups excluding carboxylic acids is 17. The lowest BCUT2D eigenvalue weighted by molar-refractivity contribution is -0.149. The normalized spacial score (nSPS) is 25.3. The van der Waals surface area contributed by atoms with Gasteiger partial charge in [0.15, 0.2) is 0 Å². The molecule has 4 aliphatic rings. The van der Waals surface area contributed by atoms with Crippen molar-refractivity contribution < 1.29 is 91.7 Å². The molecule has 1 unspecified atom stereocenters. The van der Waals surface area contributed by atoms with Crippen molar-refractivity contribution in [1.29, 1.82) is 0 Å². The highest BCUT2D eigenvalue weighted by Crippen LogP contribution is 2.30. The van der Waals surface area contributed by atoms with E-state index in [1.165, 1.54) is 62.1 Å². The number of aromatic nitrogens is 2. The molecule has 2 aromatic heterocycles. The van der Waals surface area contributed by atoms with Gasteiger partial charge in [-0.3, -0.25) is 81.5 Å². The number of aliphatic hydroxyl groups excluding tert-OH is 1. The molecular weight excluding hydrogens is 1710 g/mol. The van der Waals surface area contributed by atoms with Crippen molar-refractivity contribution in [1.82, 2.24) is 93.0 Å². The second-order valence-corrected chi connectivity index (χ2v) is 36.4. The zero-order valence-corrected chi connectivity index (χ0v) is 77.0. The molecule has 17 amide bonds. The fourth-order valence-electron chi connectivity index (χ4n) is 16.5. The number of aliphatic hydroxyl groups is 1. The number of aromatic amines is 2. The maximum absolute atomic E-state index is 15.6. The smallest absolute Gasteiger partial charge is 0.246 e. The van der Waals surface area contributed by atoms with Crippen LogP contribution < -0.4 is 70.0 Å². The second kappa shape index (κ2) is 48.6. The molecule has 0 spiro atoms. The van der Waals surface area contributed by atoms with Crippen molar-refractivity contribution in [3.63, 3.8) is 0 Å². The van der Waals surface area contributed by atoms with E-state index in [2.05, 4.69) is 68.5 Å². The van der Waals surface area contributed by atoms with Gasteiger partial charge in [-0.25, -0.2) is 0 Å². The van der Waals surface area contributed by atoms with Crippen molar-refractivity contribution in [2.45, 2.75) is 242 Å². The van der Waals surface area contributed by atoms with Crippen molar-refractivity contribution in [2.24, 2.45) is 29.2 Å². The zero-order valence-electron chi connectivity index (χ0n) is 76.2. The molecule has 14 atom stereocenters. The van der Waals surface area contributed by atoms with Gasteiger partial charge in [0.25, 0.3) is 0 Å². The molecule has 0 radical (unpaired) electrons. The molecule has 39 nitrogen and oxygen atoms in total. The van der Waals surface area contributed by atoms with E-state index in [4.69, 9.17) is 11.5 Å². The average Bonchev–Trinajstić information content (AvgIpc) is 1.76. The van der Waals surface area contributed by atoms with Crippen LogP contribution in [0, 0.1) is 17.8 Å². The Balaban J connectivity index is 1.06. The van der Waals surface area contributed by atoms with Gasteiger partial charge in [0, 0.05) is 113 Å². The lowest BCUT2D eigenvalue weighted by Gasteiger charge is -2.36. The van der Waals surface area contributed by atoms with E-state index in [-0.39, 0.29) is 100 Å². The number of H-pyrrole nitrogens is 2. The molecule has 4 fully saturated rings. The van der Waals surface area contributed by atoms with Gasteiger partial charge >= 0.3 is 0 Å². The van der Waals surface area contributed by atoms with E-state index in [1.54, 1.807) is 70.4 Å². The fraction of sp³-hybridized carbons (Fsp3) is 0.571. The minimum atomic E-state index is -1.75. The van der Waals surface area contributed by atoms with Gasteiger partial charge in [-0.15, -0.1) is 11.8 Å². The minimum absolute atomic E-state index is 0.00550. The number of hydrogen-bond acceptors (Lipinski definition) is 21. The lowest BCUT2D eigenvalue weighted by atomic mass is 9.99. The predicted molar refractivity (Wildman–Crippen MR) is 487 cm³/mol. The number of phenolic OH excluding ortho intramolecular Hbond substituents is 1. The van der Waals surface area contributed by atoms with Crippen LogP contribution in [0.2, 0.25) is 0 Å². The van der Waals surface area contributed by atoms with Crippen LogP contribution in [0.3, 0.4) is 0 Å². The maximum atomic E-state index is 15.6. The number of likely N-dealkylation sites (N-methyl/N-ethyl adjacent to an activating group) is 3. The van der Waals surface area contributed by atoms with Gasteiger partial charge in [0.2, 0.25) is 100 Å². The summed E-state index contributed by atoms with van der Waals surface area (Å²) in [5.41, 5.74) is 14.8. The Hall–Kier alpha value is -12.2. The molecule has 5 heterocycles. The number of aromatic hydroxyl groups is 1. The maximum Gasteiger partial charge on any atom is 0.246 e. The minimum Gasteiger partial charge on any atom is -0.508 e. The SMILES string of the molecule is CCCC[C@H]1C(=O)N(C)[C@@H](CCCC)C(=O)N[C@@H](CC(C)C)C(=O)N[C@H](C(=O)NCC(=O)NCC2CC2)CSCC(=O)N[C@@H](Cc2ccc(O)cc2)C(=O)N(C)[C@@H](C)C(=O)N[C@@H](CC(N)=O)C(=O)N2CCC[C@H]2C(=O)N[C@@H](CN)C(=O)N[C@@H](CC(C)C)C(=O)N2C[C@H](O)C[C@H]2C(=O)N[C@@H](Cc2c[nH]c3ccccc23)C(=O)NCC(=O)NC(Cc2c[nH]c3ccccc23)C(=O)N1C. The molecule has 5 aromatic rings. The number of unbranched alkanes of at least 4 members (excludes halogenated alkanes) is 2. The van der Waals surface area contributed by atoms with E-state index >= 15 is 28.8 Å². The summed E-state index contributed by atoms with van der Waals surface area (Å²) < 4.78 is 0. The Bertz CT molecular complexity index is 4900. The third-order valence-corrected chi connectivity index (χ3v) is 25.2. The Morgan fingerprint density at radius 1 is 0.542 bits per heavy atom. The first-order valence-corrected chi connectivity index (χ1v) is 46.3. The Morgan fingerprint density at radius 3 is 1.69 bits per heavy atom. The molecule has 1 aliphatic carbocycles. The Labute approximate surface area is 765 Å². The number of phenols is 1. The van der Waals surface area contributed by atoms with Crippen LogP contribution in [0.25, 0.3) is 21.8 Å². The second-order valence-electron chi connectivity index (χ2n) is 35.4. The Kier molecular flexibility index (Phi) is 38.1. The van der Waals surface area contributed by atoms with E-state index < -0.39 is 223 Å². The largest absolute Gasteiger partial charge is 0.508 e. The van der Waals surface area contributed by atoms with Crippen LogP contribution in [0.15, 0.2) is 85.2 Å². The number of nitrogens with zero attached hydrogens (tertiary/aromatic N) is 5. The van der Waals surface area contributed by atoms with Crippen molar-refractivity contribution in [3.8, 4) is 5.75 Å². The third-order valence-electron chi connectivity index (χ3n) is 24.2. The number of carbonyl (C=O) groups is 17. The first-order valence-electron chi connectivity index (χ1n) is 45.1. The molecule has 3 aromatic carbocycles. The van der Waals surface area contributed by atoms with E-state index in [0.29, 0.717) is 70.7 Å². The van der Waals surface area contributed by atoms with Crippen LogP contribution in [-0.2, 0) is 101 Å². The summed E-state index contributed by atoms with van der Waals surface area (Å²) >= 11 is 0.842. The molecule has 0 bridgehead atoms. The molecule has 1 saturated carbocycles. The summed E-state index contributed by atoms with van der Waals surface area (Å²) in [5.74, 6) is -15.7. The number of thioether (sulfide) groups is 1. The molecule has 714 valence electrons. The fourth-order valence-corrected chi connectivity index (χ4v) is 17.4. The number of hydrogen-bond donors (Lipinski definition) is 17. The highest BCUT2D eigenvalue weighted by Gasteiger charge is 2.46. The predicted octanol–water partition coefficient (Wildman–Crippen LogP) is -0.473. The molecule has 9 rings (SSSR count). The van der Waals surface area contributed by atoms with Gasteiger partial charge < -0.3 is 115 Å². The Morgan fingerprint density at radius 2 is 1.08 bits per heavy atom. The zero-order chi connectivity index (χ0) is 95.6. The number of para-hydroxylation sites is 2. The van der Waals surface area contributed by atoms with Gasteiger partial charge in [-0.05, 0) is 117 Å². The molecule has 131 heavy (non-hydrogen) atoms. The van der Waals surface area contributed by atoms with Crippen LogP contribution in [0.5, 0.6) is 5.75 Å². The number of primary amides is 1. The molecule has 40 heteroatoms. The first-order chi connectivity index (χ1) is 62.4. The summed E-state index contributed by atoms with van der Waals surface area (Å²) in [5, 5.41) is 52.6. The van der Waals surface area contributed by atoms with Gasteiger partial charge in [0.1, 0.15) is 84.3 Å². The van der Waals surface area contributed by atoms with E-state index in [9.17, 15) is 63.0 Å². The first kappa shape index (κ1) is 103. The topological polar surface area (TPSA) is 563 Å². The molecular formula is C91H130N20O19S. The summed E-state index contributed by atoms with van der Waals surface area (Å²) in [4.78, 5) is 261. The average molecular weight is 1840 g/mol. The summed E-state index contributed by atoms with van der Waals surface area (Å²) in [6, 6.07) is 1.09. The highest BCUT2D eigenvalue weighted by atomic mass is 32.2. The lowest BCUT2D eigenvalue weighted by Crippen LogP contribution is -2.61. The molecule has 19 N–H and O–H groups in total. The van der Waals surface area contributed by atoms with Crippen LogP contribution in [0.4, 0.5) is 0 Å². The van der Waals surface area contributed by atoms with Crippen molar-refractivity contribution in [3.05, 3.63) is 102 Å². The molecule has 3 aliphatic heterocycles. The van der Waals surface area contributed by atoms with E-state index in [0.717, 1.165) is 39.3 Å². The monoisotopic (exact) mass is 1840 g/mol. The number of nitrogens with one attached hydrogen (secondary N) is 13. The van der Waals surface area contributed by atoms with Crippen LogP contribution in [-0.4, -0.2) is 302 Å². The van der Waals surface area contributed by atoms with Crippen molar-refractivity contribution in [2.75, 3.05) is 71.9 Å².